The topological polar surface area (TPSA) is 99.4 Å². The van der Waals surface area contributed by atoms with Crippen molar-refractivity contribution in [3.05, 3.63) is 0 Å². The Morgan fingerprint density at radius 3 is 2.12 bits per heavy atom. The maximum absolute atomic E-state index is 10.3. The number of hydrogen-bond acceptors (Lipinski definition) is 6. The summed E-state index contributed by atoms with van der Waals surface area (Å²) in [5.74, 6) is -1.82. The molecule has 0 amide bonds. The molecule has 6 heteroatoms. The molecule has 0 bridgehead atoms. The van der Waals surface area contributed by atoms with Crippen LogP contribution in [0.1, 0.15) is 20.8 Å². The van der Waals surface area contributed by atoms with Crippen molar-refractivity contribution in [1.29, 1.82) is 0 Å². The minimum atomic E-state index is -1.82. The van der Waals surface area contributed by atoms with Gasteiger partial charge >= 0.3 is 0 Å². The summed E-state index contributed by atoms with van der Waals surface area (Å²) in [4.78, 5) is 0. The molecule has 0 aromatic carbocycles. The van der Waals surface area contributed by atoms with E-state index in [-0.39, 0.29) is 0 Å². The number of aliphatic hydroxyl groups excluding tert-OH is 2. The maximum atomic E-state index is 10.3. The fourth-order valence-corrected chi connectivity index (χ4v) is 2.12. The van der Waals surface area contributed by atoms with Crippen LogP contribution in [0, 0.1) is 0 Å². The fourth-order valence-electron chi connectivity index (χ4n) is 2.12. The molecule has 1 heterocycles. The van der Waals surface area contributed by atoms with E-state index in [1.165, 1.54) is 27.9 Å². The van der Waals surface area contributed by atoms with Crippen LogP contribution < -0.4 is 0 Å². The summed E-state index contributed by atoms with van der Waals surface area (Å²) in [5.41, 5.74) is -3.26. The van der Waals surface area contributed by atoms with E-state index in [4.69, 9.17) is 14.6 Å². The molecule has 0 unspecified atom stereocenters. The third-order valence-electron chi connectivity index (χ3n) is 3.75. The van der Waals surface area contributed by atoms with Crippen LogP contribution in [0.5, 0.6) is 0 Å². The van der Waals surface area contributed by atoms with Crippen LogP contribution in [-0.4, -0.2) is 63.3 Å². The van der Waals surface area contributed by atoms with Crippen molar-refractivity contribution in [2.24, 2.45) is 0 Å². The minimum Gasteiger partial charge on any atom is -0.394 e. The minimum absolute atomic E-state index is 0.507. The number of aliphatic hydroxyl groups is 4. The molecule has 1 rings (SSSR count). The molecule has 0 aromatic heterocycles. The number of rotatable bonds is 2. The molecule has 0 saturated carbocycles. The molecule has 0 aromatic rings. The average Bonchev–Trinajstić information content (AvgIpc) is 2.21. The zero-order valence-electron chi connectivity index (χ0n) is 9.97. The highest BCUT2D eigenvalue weighted by atomic mass is 16.7. The number of ether oxygens (including phenoxy) is 2. The summed E-state index contributed by atoms with van der Waals surface area (Å²) < 4.78 is 10.3. The van der Waals surface area contributed by atoms with Gasteiger partial charge in [0.25, 0.3) is 0 Å². The molecule has 1 aliphatic rings. The highest BCUT2D eigenvalue weighted by Crippen LogP contribution is 2.44. The molecule has 5 atom stereocenters. The summed E-state index contributed by atoms with van der Waals surface area (Å²) in [7, 11) is 1.30. The zero-order chi connectivity index (χ0) is 12.8. The second-order valence-electron chi connectivity index (χ2n) is 4.65. The largest absolute Gasteiger partial charge is 0.394 e. The van der Waals surface area contributed by atoms with Gasteiger partial charge in [-0.25, -0.2) is 0 Å². The van der Waals surface area contributed by atoms with Crippen LogP contribution in [0.4, 0.5) is 0 Å². The number of methoxy groups -OCH3 is 1. The highest BCUT2D eigenvalue weighted by molar-refractivity contribution is 5.12. The van der Waals surface area contributed by atoms with E-state index < -0.39 is 35.8 Å². The second-order valence-corrected chi connectivity index (χ2v) is 4.65. The summed E-state index contributed by atoms with van der Waals surface area (Å²) in [5, 5.41) is 39.3. The van der Waals surface area contributed by atoms with Gasteiger partial charge < -0.3 is 29.9 Å². The molecule has 16 heavy (non-hydrogen) atoms. The van der Waals surface area contributed by atoms with Crippen LogP contribution in [0.25, 0.3) is 0 Å². The first kappa shape index (κ1) is 13.8. The van der Waals surface area contributed by atoms with Crippen LogP contribution in [0.15, 0.2) is 0 Å². The van der Waals surface area contributed by atoms with E-state index in [9.17, 15) is 15.3 Å². The Hall–Kier alpha value is -0.240. The fraction of sp³-hybridized carbons (Fsp3) is 1.00. The molecule has 0 spiro atoms. The van der Waals surface area contributed by atoms with Gasteiger partial charge in [-0.3, -0.25) is 0 Å². The Morgan fingerprint density at radius 1 is 1.25 bits per heavy atom. The normalized spacial score (nSPS) is 54.0. The summed E-state index contributed by atoms with van der Waals surface area (Å²) in [6.45, 7) is 3.58. The monoisotopic (exact) mass is 236 g/mol. The Balaban J connectivity index is 3.20. The zero-order valence-corrected chi connectivity index (χ0v) is 9.97. The van der Waals surface area contributed by atoms with Crippen molar-refractivity contribution in [3.8, 4) is 0 Å². The lowest BCUT2D eigenvalue weighted by Crippen LogP contribution is -2.77. The molecular formula is C10H20O6. The molecule has 0 aliphatic carbocycles. The molecule has 1 fully saturated rings. The van der Waals surface area contributed by atoms with Gasteiger partial charge in [0.15, 0.2) is 5.79 Å². The quantitative estimate of drug-likeness (QED) is 0.471. The maximum Gasteiger partial charge on any atom is 0.195 e. The van der Waals surface area contributed by atoms with E-state index in [2.05, 4.69) is 0 Å². The van der Waals surface area contributed by atoms with E-state index in [1.807, 2.05) is 0 Å². The Morgan fingerprint density at radius 2 is 1.75 bits per heavy atom. The van der Waals surface area contributed by atoms with E-state index in [0.717, 1.165) is 0 Å². The first-order valence-electron chi connectivity index (χ1n) is 5.10. The van der Waals surface area contributed by atoms with Crippen molar-refractivity contribution in [3.63, 3.8) is 0 Å². The van der Waals surface area contributed by atoms with E-state index in [1.54, 1.807) is 0 Å². The summed E-state index contributed by atoms with van der Waals surface area (Å²) in [6, 6.07) is 0. The lowest BCUT2D eigenvalue weighted by Gasteiger charge is -2.57. The Kier molecular flexibility index (Phi) is 3.37. The first-order valence-corrected chi connectivity index (χ1v) is 5.10. The predicted octanol–water partition coefficient (Wildman–Crippen LogP) is -1.40. The van der Waals surface area contributed by atoms with Crippen molar-refractivity contribution >= 4 is 0 Å². The van der Waals surface area contributed by atoms with E-state index >= 15 is 0 Å². The molecular weight excluding hydrogens is 216 g/mol. The third-order valence-corrected chi connectivity index (χ3v) is 3.75. The lowest BCUT2D eigenvalue weighted by molar-refractivity contribution is -0.406. The highest BCUT2D eigenvalue weighted by Gasteiger charge is 2.66. The first-order chi connectivity index (χ1) is 7.14. The van der Waals surface area contributed by atoms with Crippen LogP contribution >= 0.6 is 0 Å². The molecule has 96 valence electrons. The summed E-state index contributed by atoms with van der Waals surface area (Å²) >= 11 is 0. The van der Waals surface area contributed by atoms with Gasteiger partial charge in [-0.15, -0.1) is 0 Å². The third kappa shape index (κ3) is 1.57. The lowest BCUT2D eigenvalue weighted by atomic mass is 9.72. The van der Waals surface area contributed by atoms with Crippen molar-refractivity contribution in [1.82, 2.24) is 0 Å². The van der Waals surface area contributed by atoms with Crippen LogP contribution in [0.3, 0.4) is 0 Å². The van der Waals surface area contributed by atoms with Gasteiger partial charge in [0, 0.05) is 7.11 Å². The SMILES string of the molecule is CO[C@]1(C)[C@@](C)(O)[C@H](O)[C@@H](CO)O[C@@]1(C)O. The van der Waals surface area contributed by atoms with E-state index in [0.29, 0.717) is 0 Å². The molecule has 4 N–H and O–H groups in total. The van der Waals surface area contributed by atoms with Gasteiger partial charge in [-0.2, -0.15) is 0 Å². The van der Waals surface area contributed by atoms with Crippen molar-refractivity contribution in [2.45, 2.75) is 50.0 Å². The Bertz CT molecular complexity index is 264. The van der Waals surface area contributed by atoms with Crippen LogP contribution in [0.2, 0.25) is 0 Å². The van der Waals surface area contributed by atoms with Gasteiger partial charge in [0.1, 0.15) is 23.4 Å². The Labute approximate surface area is 94.4 Å². The molecule has 1 aliphatic heterocycles. The molecule has 1 saturated heterocycles. The van der Waals surface area contributed by atoms with Gasteiger partial charge in [0.05, 0.1) is 6.61 Å². The van der Waals surface area contributed by atoms with Crippen molar-refractivity contribution < 1.29 is 29.9 Å². The van der Waals surface area contributed by atoms with Crippen LogP contribution in [-0.2, 0) is 9.47 Å². The average molecular weight is 236 g/mol. The summed E-state index contributed by atoms with van der Waals surface area (Å²) in [6.07, 6.45) is -2.42. The molecule has 6 nitrogen and oxygen atoms in total. The van der Waals surface area contributed by atoms with Gasteiger partial charge in [-0.1, -0.05) is 0 Å². The second kappa shape index (κ2) is 3.90. The molecule has 0 radical (unpaired) electrons. The van der Waals surface area contributed by atoms with Crippen molar-refractivity contribution in [2.75, 3.05) is 13.7 Å². The smallest absolute Gasteiger partial charge is 0.195 e. The van der Waals surface area contributed by atoms with Gasteiger partial charge in [0.2, 0.25) is 0 Å². The van der Waals surface area contributed by atoms with Gasteiger partial charge in [-0.05, 0) is 20.8 Å². The standard InChI is InChI=1S/C10H20O6/c1-8(13)7(12)6(5-11)16-10(3,14)9(8,2)15-4/h6-7,11-14H,5H2,1-4H3/t6-,7-,8+,9-,10-/m1/s1. The number of hydrogen-bond donors (Lipinski definition) is 4. The predicted molar refractivity (Wildman–Crippen MR) is 54.6 cm³/mol.